The van der Waals surface area contributed by atoms with Gasteiger partial charge >= 0.3 is 0 Å². The number of aromatic nitrogens is 4. The first-order chi connectivity index (χ1) is 14.7. The minimum Gasteiger partial charge on any atom is -0.486 e. The molecule has 1 aliphatic heterocycles. The predicted octanol–water partition coefficient (Wildman–Crippen LogP) is 4.53. The van der Waals surface area contributed by atoms with Crippen LogP contribution in [0, 0.1) is 6.92 Å². The normalized spacial score (nSPS) is 15.4. The van der Waals surface area contributed by atoms with Crippen molar-refractivity contribution in [2.45, 2.75) is 13.0 Å². The number of nitrogens with one attached hydrogen (secondary N) is 1. The topological polar surface area (TPSA) is 68.1 Å². The SMILES string of the molecule is Cc1cn(-c2ccc(Nc3ncc4c(n3)N(C)C(c3ccccc3)CO4)cc2)cn1.[HH]. The molecule has 0 amide bonds. The van der Waals surface area contributed by atoms with Crippen LogP contribution in [-0.4, -0.2) is 33.2 Å². The maximum Gasteiger partial charge on any atom is 0.229 e. The van der Waals surface area contributed by atoms with Crippen LogP contribution < -0.4 is 15.0 Å². The average molecular weight is 400 g/mol. The minimum atomic E-state index is 0. The summed E-state index contributed by atoms with van der Waals surface area (Å²) < 4.78 is 7.92. The molecule has 2 aromatic heterocycles. The second-order valence-corrected chi connectivity index (χ2v) is 7.32. The maximum absolute atomic E-state index is 5.93. The molecule has 7 nitrogen and oxygen atoms in total. The van der Waals surface area contributed by atoms with Crippen molar-refractivity contribution in [1.29, 1.82) is 0 Å². The van der Waals surface area contributed by atoms with Gasteiger partial charge in [0.15, 0.2) is 11.6 Å². The lowest BCUT2D eigenvalue weighted by Crippen LogP contribution is -2.34. The van der Waals surface area contributed by atoms with Crippen molar-refractivity contribution in [3.8, 4) is 11.4 Å². The molecule has 1 N–H and O–H groups in total. The van der Waals surface area contributed by atoms with Gasteiger partial charge in [0.1, 0.15) is 6.61 Å². The van der Waals surface area contributed by atoms with Gasteiger partial charge in [0.25, 0.3) is 0 Å². The van der Waals surface area contributed by atoms with Gasteiger partial charge in [0.05, 0.1) is 24.3 Å². The maximum atomic E-state index is 5.93. The van der Waals surface area contributed by atoms with Crippen LogP contribution in [-0.2, 0) is 0 Å². The van der Waals surface area contributed by atoms with E-state index in [0.717, 1.165) is 22.9 Å². The molecule has 1 aliphatic rings. The number of likely N-dealkylation sites (N-methyl/N-ethyl adjacent to an activating group) is 1. The molecule has 3 heterocycles. The van der Waals surface area contributed by atoms with Crippen LogP contribution in [0.1, 0.15) is 18.7 Å². The number of benzene rings is 2. The Hall–Kier alpha value is -3.87. The summed E-state index contributed by atoms with van der Waals surface area (Å²) in [5.74, 6) is 2.00. The van der Waals surface area contributed by atoms with Crippen molar-refractivity contribution in [3.05, 3.63) is 84.6 Å². The molecule has 0 aliphatic carbocycles. The van der Waals surface area contributed by atoms with Crippen LogP contribution in [0.3, 0.4) is 0 Å². The summed E-state index contributed by atoms with van der Waals surface area (Å²) in [6, 6.07) is 18.5. The number of rotatable bonds is 4. The van der Waals surface area contributed by atoms with E-state index in [0.29, 0.717) is 18.3 Å². The molecular formula is C23H24N6O. The lowest BCUT2D eigenvalue weighted by Gasteiger charge is -2.34. The van der Waals surface area contributed by atoms with Gasteiger partial charge in [-0.2, -0.15) is 4.98 Å². The fourth-order valence-electron chi connectivity index (χ4n) is 3.61. The van der Waals surface area contributed by atoms with Gasteiger partial charge in [0, 0.05) is 26.0 Å². The number of imidazole rings is 1. The molecule has 0 radical (unpaired) electrons. The average Bonchev–Trinajstić information content (AvgIpc) is 3.22. The molecule has 4 aromatic rings. The summed E-state index contributed by atoms with van der Waals surface area (Å²) in [7, 11) is 2.04. The Labute approximate surface area is 176 Å². The number of anilines is 3. The number of ether oxygens (including phenoxy) is 1. The van der Waals surface area contributed by atoms with Gasteiger partial charge in [-0.3, -0.25) is 0 Å². The minimum absolute atomic E-state index is 0. The third-order valence-electron chi connectivity index (χ3n) is 5.25. The van der Waals surface area contributed by atoms with Gasteiger partial charge in [0.2, 0.25) is 5.95 Å². The molecular weight excluding hydrogens is 376 g/mol. The van der Waals surface area contributed by atoms with Gasteiger partial charge in [-0.15, -0.1) is 0 Å². The Morgan fingerprint density at radius 1 is 1.07 bits per heavy atom. The van der Waals surface area contributed by atoms with Crippen LogP contribution >= 0.6 is 0 Å². The van der Waals surface area contributed by atoms with E-state index >= 15 is 0 Å². The zero-order chi connectivity index (χ0) is 20.5. The summed E-state index contributed by atoms with van der Waals surface area (Å²) in [4.78, 5) is 15.5. The second kappa shape index (κ2) is 7.51. The lowest BCUT2D eigenvalue weighted by atomic mass is 10.1. The Balaban J connectivity index is 0.00000231. The Morgan fingerprint density at radius 3 is 2.60 bits per heavy atom. The molecule has 2 aromatic carbocycles. The highest BCUT2D eigenvalue weighted by atomic mass is 16.5. The van der Waals surface area contributed by atoms with Crippen molar-refractivity contribution in [2.75, 3.05) is 23.9 Å². The number of hydrogen-bond acceptors (Lipinski definition) is 6. The molecule has 5 rings (SSSR count). The lowest BCUT2D eigenvalue weighted by molar-refractivity contribution is 0.265. The summed E-state index contributed by atoms with van der Waals surface area (Å²) in [5.41, 5.74) is 4.14. The van der Waals surface area contributed by atoms with Gasteiger partial charge in [-0.25, -0.2) is 9.97 Å². The highest BCUT2D eigenvalue weighted by Gasteiger charge is 2.28. The molecule has 1 unspecified atom stereocenters. The van der Waals surface area contributed by atoms with E-state index < -0.39 is 0 Å². The van der Waals surface area contributed by atoms with Gasteiger partial charge in [-0.1, -0.05) is 30.3 Å². The largest absolute Gasteiger partial charge is 0.486 e. The van der Waals surface area contributed by atoms with Crippen molar-refractivity contribution in [3.63, 3.8) is 0 Å². The second-order valence-electron chi connectivity index (χ2n) is 7.32. The third kappa shape index (κ3) is 3.45. The molecule has 0 fully saturated rings. The van der Waals surface area contributed by atoms with E-state index in [1.54, 1.807) is 6.20 Å². The van der Waals surface area contributed by atoms with Gasteiger partial charge < -0.3 is 19.5 Å². The fourth-order valence-corrected chi connectivity index (χ4v) is 3.61. The van der Waals surface area contributed by atoms with E-state index in [2.05, 4.69) is 32.3 Å². The summed E-state index contributed by atoms with van der Waals surface area (Å²) in [6.07, 6.45) is 5.53. The molecule has 30 heavy (non-hydrogen) atoms. The van der Waals surface area contributed by atoms with E-state index in [-0.39, 0.29) is 7.47 Å². The quantitative estimate of drug-likeness (QED) is 0.543. The molecule has 7 heteroatoms. The van der Waals surface area contributed by atoms with Crippen LogP contribution in [0.4, 0.5) is 17.5 Å². The molecule has 0 bridgehead atoms. The first kappa shape index (κ1) is 18.2. The van der Waals surface area contributed by atoms with E-state index in [4.69, 9.17) is 9.72 Å². The summed E-state index contributed by atoms with van der Waals surface area (Å²) >= 11 is 0. The Morgan fingerprint density at radius 2 is 1.87 bits per heavy atom. The predicted molar refractivity (Wildman–Crippen MR) is 119 cm³/mol. The number of fused-ring (bicyclic) bond motifs is 1. The number of hydrogen-bond donors (Lipinski definition) is 1. The zero-order valence-electron chi connectivity index (χ0n) is 16.9. The van der Waals surface area contributed by atoms with Gasteiger partial charge in [-0.05, 0) is 36.8 Å². The number of nitrogens with zero attached hydrogens (tertiary/aromatic N) is 5. The Kier molecular flexibility index (Phi) is 4.55. The number of aryl methyl sites for hydroxylation is 1. The molecule has 0 spiro atoms. The fraction of sp³-hybridized carbons (Fsp3) is 0.174. The zero-order valence-corrected chi connectivity index (χ0v) is 16.9. The third-order valence-corrected chi connectivity index (χ3v) is 5.25. The van der Waals surface area contributed by atoms with Crippen molar-refractivity contribution >= 4 is 17.5 Å². The van der Waals surface area contributed by atoms with Crippen molar-refractivity contribution in [2.24, 2.45) is 0 Å². The van der Waals surface area contributed by atoms with E-state index in [1.165, 1.54) is 5.56 Å². The highest BCUT2D eigenvalue weighted by molar-refractivity contribution is 5.61. The monoisotopic (exact) mass is 400 g/mol. The standard InChI is InChI=1S/C23H22N6O.H2/c1-16-13-29(15-25-16)19-10-8-18(9-11-19)26-23-24-12-21-22(27-23)28(2)20(14-30-21)17-6-4-3-5-7-17;/h3-13,15,20H,14H2,1-2H3,(H,24,26,27);1H. The summed E-state index contributed by atoms with van der Waals surface area (Å²) in [6.45, 7) is 2.54. The van der Waals surface area contributed by atoms with E-state index in [1.807, 2.05) is 73.5 Å². The van der Waals surface area contributed by atoms with Crippen LogP contribution in [0.5, 0.6) is 5.75 Å². The smallest absolute Gasteiger partial charge is 0.229 e. The first-order valence-corrected chi connectivity index (χ1v) is 9.83. The van der Waals surface area contributed by atoms with E-state index in [9.17, 15) is 0 Å². The highest BCUT2D eigenvalue weighted by Crippen LogP contribution is 2.37. The first-order valence-electron chi connectivity index (χ1n) is 9.83. The van der Waals surface area contributed by atoms with Crippen LogP contribution in [0.2, 0.25) is 0 Å². The molecule has 0 saturated carbocycles. The molecule has 1 atom stereocenters. The van der Waals surface area contributed by atoms with Crippen LogP contribution in [0.25, 0.3) is 5.69 Å². The van der Waals surface area contributed by atoms with Crippen molar-refractivity contribution in [1.82, 2.24) is 19.5 Å². The Bertz CT molecular complexity index is 1160. The molecule has 152 valence electrons. The summed E-state index contributed by atoms with van der Waals surface area (Å²) in [5, 5.41) is 3.28. The van der Waals surface area contributed by atoms with Crippen molar-refractivity contribution < 1.29 is 6.16 Å². The molecule has 0 saturated heterocycles. The van der Waals surface area contributed by atoms with Crippen LogP contribution in [0.15, 0.2) is 73.3 Å².